The first-order valence-corrected chi connectivity index (χ1v) is 11.5. The number of anilines is 1. The van der Waals surface area contributed by atoms with Gasteiger partial charge in [0.1, 0.15) is 10.6 Å². The van der Waals surface area contributed by atoms with E-state index in [0.717, 1.165) is 11.1 Å². The van der Waals surface area contributed by atoms with Crippen LogP contribution in [0.3, 0.4) is 0 Å². The van der Waals surface area contributed by atoms with Gasteiger partial charge in [0.15, 0.2) is 0 Å². The number of carbonyl (C=O) groups excluding carboxylic acids is 1. The molecule has 31 heavy (non-hydrogen) atoms. The molecule has 0 unspecified atom stereocenters. The molecule has 0 heterocycles. The zero-order valence-corrected chi connectivity index (χ0v) is 18.8. The Morgan fingerprint density at radius 1 is 1.03 bits per heavy atom. The monoisotopic (exact) mass is 458 g/mol. The highest BCUT2D eigenvalue weighted by Gasteiger charge is 2.22. The summed E-state index contributed by atoms with van der Waals surface area (Å²) < 4.78 is 33.6. The molecule has 0 aliphatic carbocycles. The van der Waals surface area contributed by atoms with E-state index in [2.05, 4.69) is 10.0 Å². The van der Waals surface area contributed by atoms with Crippen molar-refractivity contribution in [1.82, 2.24) is 4.72 Å². The van der Waals surface area contributed by atoms with Crippen LogP contribution in [0.15, 0.2) is 71.6 Å². The van der Waals surface area contributed by atoms with E-state index in [4.69, 9.17) is 16.3 Å². The summed E-state index contributed by atoms with van der Waals surface area (Å²) in [5.74, 6) is -0.295. The van der Waals surface area contributed by atoms with Gasteiger partial charge >= 0.3 is 0 Å². The number of halogens is 1. The summed E-state index contributed by atoms with van der Waals surface area (Å²) in [7, 11) is -2.51. The number of hydrogen-bond donors (Lipinski definition) is 2. The molecule has 0 aromatic heterocycles. The SMILES string of the molecule is COc1ccc(C(=O)Nc2cccc(Cl)c2C)cc1S(=O)(=O)NCCc1ccccc1. The number of methoxy groups -OCH3 is 1. The van der Waals surface area contributed by atoms with Gasteiger partial charge in [-0.2, -0.15) is 0 Å². The van der Waals surface area contributed by atoms with Crippen LogP contribution in [0.1, 0.15) is 21.5 Å². The van der Waals surface area contributed by atoms with Crippen LogP contribution in [-0.2, 0) is 16.4 Å². The van der Waals surface area contributed by atoms with Crippen LogP contribution in [0.4, 0.5) is 5.69 Å². The number of ether oxygens (including phenoxy) is 1. The van der Waals surface area contributed by atoms with Gasteiger partial charge in [-0.3, -0.25) is 4.79 Å². The lowest BCUT2D eigenvalue weighted by Gasteiger charge is -2.13. The van der Waals surface area contributed by atoms with Crippen LogP contribution >= 0.6 is 11.6 Å². The first-order chi connectivity index (χ1) is 14.8. The number of nitrogens with one attached hydrogen (secondary N) is 2. The molecule has 0 radical (unpaired) electrons. The van der Waals surface area contributed by atoms with Crippen molar-refractivity contribution in [1.29, 1.82) is 0 Å². The standard InChI is InChI=1S/C23H23ClN2O4S/c1-16-19(24)9-6-10-20(16)26-23(27)18-11-12-21(30-2)22(15-18)31(28,29)25-14-13-17-7-4-3-5-8-17/h3-12,15,25H,13-14H2,1-2H3,(H,26,27). The summed E-state index contributed by atoms with van der Waals surface area (Å²) in [6, 6.07) is 19.0. The lowest BCUT2D eigenvalue weighted by atomic mass is 10.1. The summed E-state index contributed by atoms with van der Waals surface area (Å²) in [5, 5.41) is 3.30. The molecule has 0 aliphatic heterocycles. The highest BCUT2D eigenvalue weighted by Crippen LogP contribution is 2.27. The van der Waals surface area contributed by atoms with E-state index in [-0.39, 0.29) is 22.8 Å². The number of amides is 1. The maximum atomic E-state index is 12.9. The second kappa shape index (κ2) is 9.96. The third-order valence-corrected chi connectivity index (χ3v) is 6.67. The van der Waals surface area contributed by atoms with E-state index in [9.17, 15) is 13.2 Å². The Balaban J connectivity index is 1.80. The molecular weight excluding hydrogens is 436 g/mol. The average Bonchev–Trinajstić information content (AvgIpc) is 2.77. The molecule has 0 bridgehead atoms. The van der Waals surface area contributed by atoms with Gasteiger partial charge in [-0.1, -0.05) is 48.0 Å². The molecule has 0 atom stereocenters. The molecule has 3 rings (SSSR count). The molecule has 0 saturated carbocycles. The number of benzene rings is 3. The van der Waals surface area contributed by atoms with Crippen molar-refractivity contribution in [2.24, 2.45) is 0 Å². The first-order valence-electron chi connectivity index (χ1n) is 9.60. The Labute approximate surface area is 187 Å². The predicted octanol–water partition coefficient (Wildman–Crippen LogP) is 4.43. The summed E-state index contributed by atoms with van der Waals surface area (Å²) in [6.45, 7) is 2.01. The molecule has 6 nitrogen and oxygen atoms in total. The van der Waals surface area contributed by atoms with Gasteiger partial charge in [-0.15, -0.1) is 0 Å². The van der Waals surface area contributed by atoms with Crippen molar-refractivity contribution in [3.05, 3.63) is 88.4 Å². The summed E-state index contributed by atoms with van der Waals surface area (Å²) >= 11 is 6.11. The number of rotatable bonds is 8. The minimum Gasteiger partial charge on any atom is -0.495 e. The van der Waals surface area contributed by atoms with Gasteiger partial charge in [0.25, 0.3) is 5.91 Å². The predicted molar refractivity (Wildman–Crippen MR) is 122 cm³/mol. The Bertz CT molecular complexity index is 1180. The normalized spacial score (nSPS) is 11.2. The van der Waals surface area contributed by atoms with E-state index in [1.165, 1.54) is 25.3 Å². The van der Waals surface area contributed by atoms with Crippen molar-refractivity contribution < 1.29 is 17.9 Å². The first kappa shape index (κ1) is 22.8. The molecule has 0 spiro atoms. The van der Waals surface area contributed by atoms with Gasteiger partial charge in [-0.05, 0) is 54.8 Å². The van der Waals surface area contributed by atoms with E-state index in [0.29, 0.717) is 17.1 Å². The van der Waals surface area contributed by atoms with Crippen molar-refractivity contribution in [3.63, 3.8) is 0 Å². The number of carbonyl (C=O) groups is 1. The Kier molecular flexibility index (Phi) is 7.33. The maximum absolute atomic E-state index is 12.9. The molecule has 162 valence electrons. The third kappa shape index (κ3) is 5.64. The van der Waals surface area contributed by atoms with Crippen LogP contribution in [0, 0.1) is 6.92 Å². The van der Waals surface area contributed by atoms with E-state index >= 15 is 0 Å². The highest BCUT2D eigenvalue weighted by atomic mass is 35.5. The molecular formula is C23H23ClN2O4S. The molecule has 3 aromatic rings. The minimum absolute atomic E-state index is 0.0986. The lowest BCUT2D eigenvalue weighted by Crippen LogP contribution is -2.27. The van der Waals surface area contributed by atoms with Crippen molar-refractivity contribution in [2.75, 3.05) is 19.0 Å². The average molecular weight is 459 g/mol. The van der Waals surface area contributed by atoms with Crippen LogP contribution < -0.4 is 14.8 Å². The summed E-state index contributed by atoms with van der Waals surface area (Å²) in [4.78, 5) is 12.6. The molecule has 0 fully saturated rings. The van der Waals surface area contributed by atoms with Crippen molar-refractivity contribution in [3.8, 4) is 5.75 Å². The van der Waals surface area contributed by atoms with Crippen molar-refractivity contribution >= 4 is 33.2 Å². The maximum Gasteiger partial charge on any atom is 0.255 e. The zero-order valence-electron chi connectivity index (χ0n) is 17.2. The minimum atomic E-state index is -3.89. The number of hydrogen-bond acceptors (Lipinski definition) is 4. The van der Waals surface area contributed by atoms with Crippen LogP contribution in [0.2, 0.25) is 5.02 Å². The fraction of sp³-hybridized carbons (Fsp3) is 0.174. The fourth-order valence-electron chi connectivity index (χ4n) is 3.02. The lowest BCUT2D eigenvalue weighted by molar-refractivity contribution is 0.102. The molecule has 0 aliphatic rings. The van der Waals surface area contributed by atoms with E-state index in [1.54, 1.807) is 25.1 Å². The molecule has 2 N–H and O–H groups in total. The topological polar surface area (TPSA) is 84.5 Å². The molecule has 3 aromatic carbocycles. The second-order valence-electron chi connectivity index (χ2n) is 6.87. The van der Waals surface area contributed by atoms with Gasteiger partial charge < -0.3 is 10.1 Å². The Hall–Kier alpha value is -2.87. The zero-order chi connectivity index (χ0) is 22.4. The van der Waals surface area contributed by atoms with Gasteiger partial charge in [0.2, 0.25) is 10.0 Å². The van der Waals surface area contributed by atoms with Crippen LogP contribution in [0.5, 0.6) is 5.75 Å². The molecule has 8 heteroatoms. The smallest absolute Gasteiger partial charge is 0.255 e. The van der Waals surface area contributed by atoms with Crippen LogP contribution in [-0.4, -0.2) is 28.0 Å². The highest BCUT2D eigenvalue weighted by molar-refractivity contribution is 7.89. The summed E-state index contributed by atoms with van der Waals surface area (Å²) in [6.07, 6.45) is 0.538. The largest absolute Gasteiger partial charge is 0.495 e. The Morgan fingerprint density at radius 3 is 2.48 bits per heavy atom. The van der Waals surface area contributed by atoms with Gasteiger partial charge in [0.05, 0.1) is 7.11 Å². The van der Waals surface area contributed by atoms with E-state index < -0.39 is 15.9 Å². The second-order valence-corrected chi connectivity index (χ2v) is 9.01. The fourth-order valence-corrected chi connectivity index (χ4v) is 4.42. The van der Waals surface area contributed by atoms with Crippen molar-refractivity contribution in [2.45, 2.75) is 18.2 Å². The quantitative estimate of drug-likeness (QED) is 0.523. The Morgan fingerprint density at radius 2 is 1.77 bits per heavy atom. The number of sulfonamides is 1. The summed E-state index contributed by atoms with van der Waals surface area (Å²) in [5.41, 5.74) is 2.48. The van der Waals surface area contributed by atoms with Crippen LogP contribution in [0.25, 0.3) is 0 Å². The molecule has 0 saturated heterocycles. The molecule has 1 amide bonds. The van der Waals surface area contributed by atoms with Gasteiger partial charge in [0, 0.05) is 22.8 Å². The van der Waals surface area contributed by atoms with Gasteiger partial charge in [-0.25, -0.2) is 13.1 Å². The van der Waals surface area contributed by atoms with E-state index in [1.807, 2.05) is 30.3 Å². The third-order valence-electron chi connectivity index (χ3n) is 4.78.